The number of nitrogens with zero attached hydrogens (tertiary/aromatic N) is 1. The summed E-state index contributed by atoms with van der Waals surface area (Å²) < 4.78 is 5.10. The first-order valence-electron chi connectivity index (χ1n) is 7.44. The number of methoxy groups -OCH3 is 1. The van der Waals surface area contributed by atoms with E-state index in [0.717, 1.165) is 22.4 Å². The summed E-state index contributed by atoms with van der Waals surface area (Å²) in [6, 6.07) is 15.2. The first kappa shape index (κ1) is 16.6. The molecule has 4 nitrogen and oxygen atoms in total. The van der Waals surface area contributed by atoms with Crippen LogP contribution in [0.25, 0.3) is 0 Å². The molecule has 0 bridgehead atoms. The zero-order valence-electron chi connectivity index (χ0n) is 13.6. The highest BCUT2D eigenvalue weighted by Gasteiger charge is 2.18. The number of rotatable bonds is 5. The number of amides is 1. The molecule has 118 valence electrons. The minimum Gasteiger partial charge on any atom is -0.497 e. The maximum atomic E-state index is 12.3. The molecule has 0 aliphatic carbocycles. The van der Waals surface area contributed by atoms with Crippen molar-refractivity contribution in [3.05, 3.63) is 59.2 Å². The fourth-order valence-electron chi connectivity index (χ4n) is 2.24. The number of ether oxygens (including phenoxy) is 1. The lowest BCUT2D eigenvalue weighted by Gasteiger charge is -2.12. The second-order valence-electron chi connectivity index (χ2n) is 5.52. The van der Waals surface area contributed by atoms with E-state index in [1.807, 2.05) is 56.3 Å². The van der Waals surface area contributed by atoms with Crippen molar-refractivity contribution >= 4 is 11.6 Å². The third-order valence-corrected chi connectivity index (χ3v) is 3.85. The van der Waals surface area contributed by atoms with E-state index in [1.165, 1.54) is 0 Å². The van der Waals surface area contributed by atoms with Crippen molar-refractivity contribution < 1.29 is 9.53 Å². The molecular weight excluding hydrogens is 288 g/mol. The Bertz CT molecular complexity index is 730. The monoisotopic (exact) mass is 308 g/mol. The van der Waals surface area contributed by atoms with E-state index in [2.05, 4.69) is 11.4 Å². The second kappa shape index (κ2) is 7.46. The molecule has 2 rings (SSSR count). The topological polar surface area (TPSA) is 62.1 Å². The average Bonchev–Trinajstić information content (AvgIpc) is 2.56. The maximum Gasteiger partial charge on any atom is 0.242 e. The summed E-state index contributed by atoms with van der Waals surface area (Å²) in [4.78, 5) is 12.3. The van der Waals surface area contributed by atoms with Crippen LogP contribution >= 0.6 is 0 Å². The minimum atomic E-state index is -0.731. The van der Waals surface area contributed by atoms with Gasteiger partial charge in [-0.1, -0.05) is 18.2 Å². The van der Waals surface area contributed by atoms with Gasteiger partial charge in [0.15, 0.2) is 0 Å². The Morgan fingerprint density at radius 1 is 1.17 bits per heavy atom. The van der Waals surface area contributed by atoms with Gasteiger partial charge in [-0.15, -0.1) is 0 Å². The van der Waals surface area contributed by atoms with Crippen molar-refractivity contribution in [2.24, 2.45) is 5.92 Å². The molecule has 0 aliphatic heterocycles. The number of carbonyl (C=O) groups excluding carboxylic acids is 1. The van der Waals surface area contributed by atoms with E-state index in [0.29, 0.717) is 12.1 Å². The third kappa shape index (κ3) is 4.33. The van der Waals surface area contributed by atoms with Crippen LogP contribution in [0.1, 0.15) is 16.7 Å². The summed E-state index contributed by atoms with van der Waals surface area (Å²) in [5, 5.41) is 12.1. The van der Waals surface area contributed by atoms with Crippen LogP contribution in [0.3, 0.4) is 0 Å². The molecule has 0 aromatic heterocycles. The number of carbonyl (C=O) groups is 1. The van der Waals surface area contributed by atoms with E-state index in [-0.39, 0.29) is 5.91 Å². The van der Waals surface area contributed by atoms with E-state index in [9.17, 15) is 10.1 Å². The van der Waals surface area contributed by atoms with Gasteiger partial charge in [-0.05, 0) is 61.2 Å². The Morgan fingerprint density at radius 2 is 1.87 bits per heavy atom. The van der Waals surface area contributed by atoms with Gasteiger partial charge in [0.25, 0.3) is 0 Å². The molecule has 0 radical (unpaired) electrons. The van der Waals surface area contributed by atoms with Crippen LogP contribution in [0, 0.1) is 31.1 Å². The molecule has 1 unspecified atom stereocenters. The van der Waals surface area contributed by atoms with Gasteiger partial charge in [0, 0.05) is 5.69 Å². The van der Waals surface area contributed by atoms with E-state index < -0.39 is 5.92 Å². The summed E-state index contributed by atoms with van der Waals surface area (Å²) in [5.74, 6) is -0.265. The fourth-order valence-corrected chi connectivity index (χ4v) is 2.24. The van der Waals surface area contributed by atoms with Crippen molar-refractivity contribution in [3.63, 3.8) is 0 Å². The normalized spacial score (nSPS) is 11.4. The first-order chi connectivity index (χ1) is 11.0. The summed E-state index contributed by atoms with van der Waals surface area (Å²) in [5.41, 5.74) is 3.91. The SMILES string of the molecule is COc1ccc(CC(C#N)C(=O)Nc2ccc(C)c(C)c2)cc1. The molecule has 1 atom stereocenters. The van der Waals surface area contributed by atoms with Gasteiger partial charge < -0.3 is 10.1 Å². The van der Waals surface area contributed by atoms with E-state index >= 15 is 0 Å². The van der Waals surface area contributed by atoms with Crippen molar-refractivity contribution in [1.82, 2.24) is 0 Å². The van der Waals surface area contributed by atoms with Crippen LogP contribution in [0.4, 0.5) is 5.69 Å². The molecule has 0 saturated heterocycles. The highest BCUT2D eigenvalue weighted by atomic mass is 16.5. The largest absolute Gasteiger partial charge is 0.497 e. The Kier molecular flexibility index (Phi) is 5.37. The number of benzene rings is 2. The fraction of sp³-hybridized carbons (Fsp3) is 0.263. The van der Waals surface area contributed by atoms with Crippen molar-refractivity contribution in [2.45, 2.75) is 20.3 Å². The number of anilines is 1. The molecule has 1 N–H and O–H groups in total. The maximum absolute atomic E-state index is 12.3. The number of nitriles is 1. The quantitative estimate of drug-likeness (QED) is 0.917. The molecule has 0 heterocycles. The van der Waals surface area contributed by atoms with Gasteiger partial charge in [-0.25, -0.2) is 0 Å². The van der Waals surface area contributed by atoms with Gasteiger partial charge in [-0.2, -0.15) is 5.26 Å². The second-order valence-corrected chi connectivity index (χ2v) is 5.52. The molecule has 1 amide bonds. The molecule has 2 aromatic carbocycles. The molecule has 0 spiro atoms. The van der Waals surface area contributed by atoms with Gasteiger partial charge in [0.2, 0.25) is 5.91 Å². The molecule has 2 aromatic rings. The van der Waals surface area contributed by atoms with Gasteiger partial charge in [-0.3, -0.25) is 4.79 Å². The molecular formula is C19H20N2O2. The van der Waals surface area contributed by atoms with Gasteiger partial charge >= 0.3 is 0 Å². The molecule has 0 saturated carbocycles. The van der Waals surface area contributed by atoms with Crippen LogP contribution in [-0.2, 0) is 11.2 Å². The Balaban J connectivity index is 2.05. The van der Waals surface area contributed by atoms with Crippen molar-refractivity contribution in [1.29, 1.82) is 5.26 Å². The summed E-state index contributed by atoms with van der Waals surface area (Å²) in [6.45, 7) is 4.01. The standard InChI is InChI=1S/C19H20N2O2/c1-13-4-7-17(10-14(13)2)21-19(22)16(12-20)11-15-5-8-18(23-3)9-6-15/h4-10,16H,11H2,1-3H3,(H,21,22). The Hall–Kier alpha value is -2.80. The van der Waals surface area contributed by atoms with Gasteiger partial charge in [0.1, 0.15) is 11.7 Å². The molecule has 0 aliphatic rings. The lowest BCUT2D eigenvalue weighted by molar-refractivity contribution is -0.118. The van der Waals surface area contributed by atoms with Crippen LogP contribution in [0.15, 0.2) is 42.5 Å². The Morgan fingerprint density at radius 3 is 2.43 bits per heavy atom. The minimum absolute atomic E-state index is 0.286. The van der Waals surface area contributed by atoms with Crippen molar-refractivity contribution in [2.75, 3.05) is 12.4 Å². The van der Waals surface area contributed by atoms with Crippen molar-refractivity contribution in [3.8, 4) is 11.8 Å². The molecule has 0 fully saturated rings. The van der Waals surface area contributed by atoms with E-state index in [1.54, 1.807) is 7.11 Å². The lowest BCUT2D eigenvalue weighted by Crippen LogP contribution is -2.23. The zero-order valence-corrected chi connectivity index (χ0v) is 13.6. The predicted molar refractivity (Wildman–Crippen MR) is 90.3 cm³/mol. The highest BCUT2D eigenvalue weighted by molar-refractivity contribution is 5.94. The van der Waals surface area contributed by atoms with Crippen LogP contribution in [0.2, 0.25) is 0 Å². The zero-order chi connectivity index (χ0) is 16.8. The van der Waals surface area contributed by atoms with Gasteiger partial charge in [0.05, 0.1) is 13.2 Å². The van der Waals surface area contributed by atoms with E-state index in [4.69, 9.17) is 4.74 Å². The summed E-state index contributed by atoms with van der Waals surface area (Å²) in [6.07, 6.45) is 0.372. The molecule has 23 heavy (non-hydrogen) atoms. The first-order valence-corrected chi connectivity index (χ1v) is 7.44. The number of hydrogen-bond donors (Lipinski definition) is 1. The van der Waals surface area contributed by atoms with Crippen LogP contribution in [0.5, 0.6) is 5.75 Å². The number of aryl methyl sites for hydroxylation is 2. The average molecular weight is 308 g/mol. The number of nitrogens with one attached hydrogen (secondary N) is 1. The Labute approximate surface area is 136 Å². The number of hydrogen-bond acceptors (Lipinski definition) is 3. The lowest BCUT2D eigenvalue weighted by atomic mass is 9.99. The molecule has 4 heteroatoms. The highest BCUT2D eigenvalue weighted by Crippen LogP contribution is 2.18. The predicted octanol–water partition coefficient (Wildman–Crippen LogP) is 3.63. The third-order valence-electron chi connectivity index (χ3n) is 3.85. The van der Waals surface area contributed by atoms with Crippen LogP contribution < -0.4 is 10.1 Å². The summed E-state index contributed by atoms with van der Waals surface area (Å²) in [7, 11) is 1.60. The summed E-state index contributed by atoms with van der Waals surface area (Å²) >= 11 is 0. The van der Waals surface area contributed by atoms with Crippen LogP contribution in [-0.4, -0.2) is 13.0 Å². The smallest absolute Gasteiger partial charge is 0.242 e.